The van der Waals surface area contributed by atoms with E-state index in [1.807, 2.05) is 7.05 Å². The highest BCUT2D eigenvalue weighted by Gasteiger charge is 2.28. The van der Waals surface area contributed by atoms with Crippen molar-refractivity contribution < 1.29 is 9.53 Å². The summed E-state index contributed by atoms with van der Waals surface area (Å²) < 4.78 is 5.41. The average molecular weight is 215 g/mol. The number of nitrogens with zero attached hydrogens (tertiary/aromatic N) is 1. The number of hydrogen-bond acceptors (Lipinski definition) is 4. The van der Waals surface area contributed by atoms with E-state index in [2.05, 4.69) is 10.2 Å². The maximum absolute atomic E-state index is 11.1. The third kappa shape index (κ3) is 4.15. The molecule has 1 unspecified atom stereocenters. The zero-order valence-electron chi connectivity index (χ0n) is 9.37. The second-order valence-corrected chi connectivity index (χ2v) is 3.81. The molecule has 1 rings (SSSR count). The number of rotatable bonds is 7. The van der Waals surface area contributed by atoms with E-state index in [-0.39, 0.29) is 11.9 Å². The number of likely N-dealkylation sites (N-methyl/N-ethyl adjacent to an activating group) is 1. The number of carbonyl (C=O) groups excluding carboxylic acids is 1. The van der Waals surface area contributed by atoms with E-state index in [0.29, 0.717) is 13.2 Å². The van der Waals surface area contributed by atoms with Gasteiger partial charge >= 0.3 is 0 Å². The number of hydrogen-bond donors (Lipinski definition) is 2. The van der Waals surface area contributed by atoms with Gasteiger partial charge in [-0.05, 0) is 26.4 Å². The molecule has 0 aromatic carbocycles. The van der Waals surface area contributed by atoms with Gasteiger partial charge in [-0.2, -0.15) is 0 Å². The number of amides is 1. The number of ether oxygens (including phenoxy) is 1. The summed E-state index contributed by atoms with van der Waals surface area (Å²) in [5.41, 5.74) is 5.31. The fraction of sp³-hybridized carbons (Fsp3) is 0.900. The Balaban J connectivity index is 2.12. The summed E-state index contributed by atoms with van der Waals surface area (Å²) >= 11 is 0. The topological polar surface area (TPSA) is 67.6 Å². The predicted molar refractivity (Wildman–Crippen MR) is 58.5 cm³/mol. The number of likely N-dealkylation sites (tertiary alicyclic amines) is 1. The summed E-state index contributed by atoms with van der Waals surface area (Å²) in [6.45, 7) is 4.01. The summed E-state index contributed by atoms with van der Waals surface area (Å²) in [6, 6.07) is -0.0714. The van der Waals surface area contributed by atoms with Crippen molar-refractivity contribution in [1.29, 1.82) is 0 Å². The van der Waals surface area contributed by atoms with Crippen LogP contribution in [-0.2, 0) is 9.53 Å². The van der Waals surface area contributed by atoms with Crippen molar-refractivity contribution in [2.24, 2.45) is 5.73 Å². The zero-order valence-corrected chi connectivity index (χ0v) is 9.37. The highest BCUT2D eigenvalue weighted by atomic mass is 16.5. The van der Waals surface area contributed by atoms with Crippen LogP contribution in [0.15, 0.2) is 0 Å². The molecule has 0 saturated carbocycles. The molecule has 1 aliphatic heterocycles. The third-order valence-corrected chi connectivity index (χ3v) is 2.71. The average Bonchev–Trinajstić information content (AvgIpc) is 2.66. The molecule has 0 aromatic heterocycles. The summed E-state index contributed by atoms with van der Waals surface area (Å²) in [6.07, 6.45) is 1.95. The fourth-order valence-corrected chi connectivity index (χ4v) is 1.87. The molecule has 0 aliphatic carbocycles. The Morgan fingerprint density at radius 3 is 3.07 bits per heavy atom. The largest absolute Gasteiger partial charge is 0.379 e. The first kappa shape index (κ1) is 12.4. The first-order chi connectivity index (χ1) is 7.25. The molecule has 5 nitrogen and oxygen atoms in total. The molecule has 1 aliphatic rings. The number of nitrogens with one attached hydrogen (secondary N) is 1. The summed E-state index contributed by atoms with van der Waals surface area (Å²) in [4.78, 5) is 13.2. The molecule has 88 valence electrons. The van der Waals surface area contributed by atoms with Gasteiger partial charge in [0.1, 0.15) is 0 Å². The Labute approximate surface area is 90.9 Å². The van der Waals surface area contributed by atoms with E-state index in [4.69, 9.17) is 10.5 Å². The lowest BCUT2D eigenvalue weighted by atomic mass is 10.2. The van der Waals surface area contributed by atoms with E-state index < -0.39 is 0 Å². The molecule has 1 saturated heterocycles. The molecule has 1 amide bonds. The fourth-order valence-electron chi connectivity index (χ4n) is 1.87. The van der Waals surface area contributed by atoms with Gasteiger partial charge in [-0.25, -0.2) is 0 Å². The lowest BCUT2D eigenvalue weighted by Gasteiger charge is -2.21. The van der Waals surface area contributed by atoms with Crippen LogP contribution in [0.25, 0.3) is 0 Å². The van der Waals surface area contributed by atoms with Crippen molar-refractivity contribution in [2.75, 3.05) is 39.9 Å². The van der Waals surface area contributed by atoms with Crippen molar-refractivity contribution in [3.8, 4) is 0 Å². The van der Waals surface area contributed by atoms with Crippen LogP contribution in [-0.4, -0.2) is 56.7 Å². The molecule has 0 aromatic rings. The molecule has 5 heteroatoms. The zero-order chi connectivity index (χ0) is 11.1. The van der Waals surface area contributed by atoms with Crippen LogP contribution in [0.4, 0.5) is 0 Å². The monoisotopic (exact) mass is 215 g/mol. The number of primary amides is 1. The molecule has 1 heterocycles. The van der Waals surface area contributed by atoms with Crippen molar-refractivity contribution in [3.63, 3.8) is 0 Å². The van der Waals surface area contributed by atoms with Crippen LogP contribution in [0.1, 0.15) is 12.8 Å². The van der Waals surface area contributed by atoms with Crippen molar-refractivity contribution in [1.82, 2.24) is 10.2 Å². The van der Waals surface area contributed by atoms with Crippen molar-refractivity contribution in [3.05, 3.63) is 0 Å². The van der Waals surface area contributed by atoms with Crippen LogP contribution in [0.3, 0.4) is 0 Å². The molecule has 3 N–H and O–H groups in total. The van der Waals surface area contributed by atoms with Gasteiger partial charge in [-0.1, -0.05) is 0 Å². The van der Waals surface area contributed by atoms with E-state index >= 15 is 0 Å². The van der Waals surface area contributed by atoms with E-state index in [9.17, 15) is 4.79 Å². The SMILES string of the molecule is CNCCOCCN1CCCC1C(N)=O. The van der Waals surface area contributed by atoms with Gasteiger partial charge in [0.05, 0.1) is 19.3 Å². The van der Waals surface area contributed by atoms with E-state index in [1.165, 1.54) is 0 Å². The maximum atomic E-state index is 11.1. The Bertz CT molecular complexity index is 199. The molecular formula is C10H21N3O2. The quantitative estimate of drug-likeness (QED) is 0.544. The van der Waals surface area contributed by atoms with Gasteiger partial charge in [-0.3, -0.25) is 9.69 Å². The molecule has 1 fully saturated rings. The van der Waals surface area contributed by atoms with Gasteiger partial charge in [0.15, 0.2) is 0 Å². The lowest BCUT2D eigenvalue weighted by Crippen LogP contribution is -2.41. The van der Waals surface area contributed by atoms with Crippen LogP contribution in [0.5, 0.6) is 0 Å². The Morgan fingerprint density at radius 1 is 1.60 bits per heavy atom. The Hall–Kier alpha value is -0.650. The molecule has 0 radical (unpaired) electrons. The smallest absolute Gasteiger partial charge is 0.234 e. The first-order valence-electron chi connectivity index (χ1n) is 5.51. The normalized spacial score (nSPS) is 22.1. The second-order valence-electron chi connectivity index (χ2n) is 3.81. The third-order valence-electron chi connectivity index (χ3n) is 2.71. The molecule has 0 spiro atoms. The molecule has 15 heavy (non-hydrogen) atoms. The highest BCUT2D eigenvalue weighted by molar-refractivity contribution is 5.80. The molecular weight excluding hydrogens is 194 g/mol. The van der Waals surface area contributed by atoms with Crippen molar-refractivity contribution in [2.45, 2.75) is 18.9 Å². The van der Waals surface area contributed by atoms with E-state index in [1.54, 1.807) is 0 Å². The minimum absolute atomic E-state index is 0.0714. The minimum atomic E-state index is -0.206. The maximum Gasteiger partial charge on any atom is 0.234 e. The lowest BCUT2D eigenvalue weighted by molar-refractivity contribution is -0.122. The number of nitrogens with two attached hydrogens (primary N) is 1. The van der Waals surface area contributed by atoms with Crippen LogP contribution in [0.2, 0.25) is 0 Å². The van der Waals surface area contributed by atoms with Gasteiger partial charge in [0.2, 0.25) is 5.91 Å². The van der Waals surface area contributed by atoms with Crippen LogP contribution < -0.4 is 11.1 Å². The predicted octanol–water partition coefficient (Wildman–Crippen LogP) is -0.828. The summed E-state index contributed by atoms with van der Waals surface area (Å²) in [5, 5.41) is 3.01. The van der Waals surface area contributed by atoms with Gasteiger partial charge in [-0.15, -0.1) is 0 Å². The summed E-state index contributed by atoms with van der Waals surface area (Å²) in [7, 11) is 1.90. The standard InChI is InChI=1S/C10H21N3O2/c1-12-4-7-15-8-6-13-5-2-3-9(13)10(11)14/h9,12H,2-8H2,1H3,(H2,11,14). The minimum Gasteiger partial charge on any atom is -0.379 e. The van der Waals surface area contributed by atoms with Gasteiger partial charge in [0.25, 0.3) is 0 Å². The van der Waals surface area contributed by atoms with E-state index in [0.717, 1.165) is 32.5 Å². The summed E-state index contributed by atoms with van der Waals surface area (Å²) in [5.74, 6) is -0.206. The van der Waals surface area contributed by atoms with Crippen LogP contribution in [0, 0.1) is 0 Å². The highest BCUT2D eigenvalue weighted by Crippen LogP contribution is 2.15. The Morgan fingerprint density at radius 2 is 2.40 bits per heavy atom. The first-order valence-corrected chi connectivity index (χ1v) is 5.51. The van der Waals surface area contributed by atoms with Gasteiger partial charge in [0, 0.05) is 13.1 Å². The Kier molecular flexibility index (Phi) is 5.60. The second kappa shape index (κ2) is 6.76. The number of carbonyl (C=O) groups is 1. The molecule has 0 bridgehead atoms. The molecule has 1 atom stereocenters. The van der Waals surface area contributed by atoms with Crippen LogP contribution >= 0.6 is 0 Å². The van der Waals surface area contributed by atoms with Crippen molar-refractivity contribution >= 4 is 5.91 Å². The van der Waals surface area contributed by atoms with Gasteiger partial charge < -0.3 is 15.8 Å².